The highest BCUT2D eigenvalue weighted by Crippen LogP contribution is 2.19. The first-order valence-electron chi connectivity index (χ1n) is 9.20. The SMILES string of the molecule is CCCCCC(=O)N1CCN(c2ccc(C(=O)C(C)C)cc2)CC1. The normalized spacial score (nSPS) is 15.0. The van der Waals surface area contributed by atoms with Crippen LogP contribution in [-0.4, -0.2) is 42.8 Å². The second-order valence-electron chi connectivity index (χ2n) is 6.89. The number of carbonyl (C=O) groups is 2. The highest BCUT2D eigenvalue weighted by Gasteiger charge is 2.21. The summed E-state index contributed by atoms with van der Waals surface area (Å²) in [7, 11) is 0. The van der Waals surface area contributed by atoms with Crippen LogP contribution in [0.4, 0.5) is 5.69 Å². The Bertz CT molecular complexity index is 543. The summed E-state index contributed by atoms with van der Waals surface area (Å²) >= 11 is 0. The van der Waals surface area contributed by atoms with Crippen molar-refractivity contribution in [2.45, 2.75) is 46.5 Å². The van der Waals surface area contributed by atoms with Crippen LogP contribution in [0.25, 0.3) is 0 Å². The summed E-state index contributed by atoms with van der Waals surface area (Å²) in [5.74, 6) is 0.503. The van der Waals surface area contributed by atoms with Gasteiger partial charge in [0.05, 0.1) is 0 Å². The van der Waals surface area contributed by atoms with E-state index in [-0.39, 0.29) is 11.7 Å². The fourth-order valence-electron chi connectivity index (χ4n) is 3.07. The number of amides is 1. The van der Waals surface area contributed by atoms with Crippen molar-refractivity contribution in [2.24, 2.45) is 5.92 Å². The molecule has 0 unspecified atom stereocenters. The van der Waals surface area contributed by atoms with E-state index >= 15 is 0 Å². The van der Waals surface area contributed by atoms with Crippen molar-refractivity contribution >= 4 is 17.4 Å². The lowest BCUT2D eigenvalue weighted by Gasteiger charge is -2.36. The molecule has 0 aromatic heterocycles. The van der Waals surface area contributed by atoms with Crippen molar-refractivity contribution in [1.82, 2.24) is 4.90 Å². The number of rotatable bonds is 7. The molecule has 24 heavy (non-hydrogen) atoms. The van der Waals surface area contributed by atoms with E-state index in [4.69, 9.17) is 0 Å². The van der Waals surface area contributed by atoms with Crippen LogP contribution < -0.4 is 4.90 Å². The Labute approximate surface area is 145 Å². The van der Waals surface area contributed by atoms with Crippen molar-refractivity contribution in [1.29, 1.82) is 0 Å². The van der Waals surface area contributed by atoms with E-state index in [0.29, 0.717) is 12.3 Å². The second kappa shape index (κ2) is 8.86. The van der Waals surface area contributed by atoms with Crippen LogP contribution in [0.1, 0.15) is 56.8 Å². The second-order valence-corrected chi connectivity index (χ2v) is 6.89. The molecule has 2 rings (SSSR count). The quantitative estimate of drug-likeness (QED) is 0.565. The number of benzene rings is 1. The van der Waals surface area contributed by atoms with Crippen LogP contribution >= 0.6 is 0 Å². The highest BCUT2D eigenvalue weighted by atomic mass is 16.2. The Balaban J connectivity index is 1.86. The monoisotopic (exact) mass is 330 g/mol. The van der Waals surface area contributed by atoms with Crippen LogP contribution in [0.5, 0.6) is 0 Å². The number of piperazine rings is 1. The number of hydrogen-bond acceptors (Lipinski definition) is 3. The van der Waals surface area contributed by atoms with E-state index in [9.17, 15) is 9.59 Å². The summed E-state index contributed by atoms with van der Waals surface area (Å²) in [6.45, 7) is 9.30. The first-order chi connectivity index (χ1) is 11.5. The van der Waals surface area contributed by atoms with Crippen molar-refractivity contribution in [3.05, 3.63) is 29.8 Å². The van der Waals surface area contributed by atoms with Gasteiger partial charge in [0.25, 0.3) is 0 Å². The predicted octanol–water partition coefficient (Wildman–Crippen LogP) is 3.75. The van der Waals surface area contributed by atoms with E-state index in [1.807, 2.05) is 43.0 Å². The van der Waals surface area contributed by atoms with E-state index < -0.39 is 0 Å². The van der Waals surface area contributed by atoms with Crippen LogP contribution in [0.3, 0.4) is 0 Å². The number of ketones is 1. The van der Waals surface area contributed by atoms with Crippen LogP contribution in [-0.2, 0) is 4.79 Å². The third kappa shape index (κ3) is 4.83. The molecule has 1 aromatic rings. The molecular weight excluding hydrogens is 300 g/mol. The average Bonchev–Trinajstić information content (AvgIpc) is 2.61. The van der Waals surface area contributed by atoms with Gasteiger partial charge in [0.1, 0.15) is 0 Å². The number of anilines is 1. The molecule has 1 aliphatic rings. The lowest BCUT2D eigenvalue weighted by atomic mass is 10.0. The van der Waals surface area contributed by atoms with Gasteiger partial charge in [-0.2, -0.15) is 0 Å². The zero-order chi connectivity index (χ0) is 17.5. The van der Waals surface area contributed by atoms with Gasteiger partial charge in [0.2, 0.25) is 5.91 Å². The van der Waals surface area contributed by atoms with Gasteiger partial charge in [0, 0.05) is 49.8 Å². The fourth-order valence-corrected chi connectivity index (χ4v) is 3.07. The van der Waals surface area contributed by atoms with Gasteiger partial charge in [0.15, 0.2) is 5.78 Å². The molecule has 4 nitrogen and oxygen atoms in total. The lowest BCUT2D eigenvalue weighted by molar-refractivity contribution is -0.131. The molecule has 1 aromatic carbocycles. The zero-order valence-electron chi connectivity index (χ0n) is 15.3. The molecule has 1 saturated heterocycles. The Morgan fingerprint density at radius 3 is 2.17 bits per heavy atom. The zero-order valence-corrected chi connectivity index (χ0v) is 15.3. The van der Waals surface area contributed by atoms with E-state index in [0.717, 1.165) is 56.7 Å². The highest BCUT2D eigenvalue weighted by molar-refractivity contribution is 5.97. The Morgan fingerprint density at radius 2 is 1.62 bits per heavy atom. The molecular formula is C20H30N2O2. The van der Waals surface area contributed by atoms with Gasteiger partial charge in [-0.05, 0) is 30.7 Å². The molecule has 132 valence electrons. The molecule has 1 heterocycles. The average molecular weight is 330 g/mol. The van der Waals surface area contributed by atoms with Crippen LogP contribution in [0.15, 0.2) is 24.3 Å². The first kappa shape index (κ1) is 18.5. The van der Waals surface area contributed by atoms with E-state index in [2.05, 4.69) is 11.8 Å². The number of nitrogens with zero attached hydrogens (tertiary/aromatic N) is 2. The van der Waals surface area contributed by atoms with Gasteiger partial charge < -0.3 is 9.80 Å². The number of Topliss-reactive ketones (excluding diaryl/α,β-unsaturated/α-hetero) is 1. The van der Waals surface area contributed by atoms with Crippen molar-refractivity contribution in [3.63, 3.8) is 0 Å². The molecule has 0 N–H and O–H groups in total. The van der Waals surface area contributed by atoms with E-state index in [1.54, 1.807) is 0 Å². The molecule has 0 radical (unpaired) electrons. The van der Waals surface area contributed by atoms with Gasteiger partial charge in [-0.15, -0.1) is 0 Å². The molecule has 0 saturated carbocycles. The first-order valence-corrected chi connectivity index (χ1v) is 9.20. The molecule has 1 aliphatic heterocycles. The standard InChI is InChI=1S/C20H30N2O2/c1-4-5-6-7-19(23)22-14-12-21(13-15-22)18-10-8-17(9-11-18)20(24)16(2)3/h8-11,16H,4-7,12-15H2,1-3H3. The van der Waals surface area contributed by atoms with E-state index in [1.165, 1.54) is 0 Å². The maximum atomic E-state index is 12.2. The van der Waals surface area contributed by atoms with Crippen LogP contribution in [0, 0.1) is 5.92 Å². The summed E-state index contributed by atoms with van der Waals surface area (Å²) in [4.78, 5) is 28.4. The Morgan fingerprint density at radius 1 is 1.00 bits per heavy atom. The molecule has 1 amide bonds. The fraction of sp³-hybridized carbons (Fsp3) is 0.600. The molecule has 0 bridgehead atoms. The third-order valence-corrected chi connectivity index (χ3v) is 4.67. The Kier molecular flexibility index (Phi) is 6.83. The maximum Gasteiger partial charge on any atom is 0.222 e. The van der Waals surface area contributed by atoms with Gasteiger partial charge in [-0.25, -0.2) is 0 Å². The number of carbonyl (C=O) groups excluding carboxylic acids is 2. The number of unbranched alkanes of at least 4 members (excludes halogenated alkanes) is 2. The predicted molar refractivity (Wildman–Crippen MR) is 98.5 cm³/mol. The lowest BCUT2D eigenvalue weighted by Crippen LogP contribution is -2.48. The minimum absolute atomic E-state index is 0.0260. The van der Waals surface area contributed by atoms with Crippen LogP contribution in [0.2, 0.25) is 0 Å². The third-order valence-electron chi connectivity index (χ3n) is 4.67. The van der Waals surface area contributed by atoms with Gasteiger partial charge >= 0.3 is 0 Å². The molecule has 0 aliphatic carbocycles. The summed E-state index contributed by atoms with van der Waals surface area (Å²) in [6.07, 6.45) is 3.96. The van der Waals surface area contributed by atoms with Crippen molar-refractivity contribution < 1.29 is 9.59 Å². The van der Waals surface area contributed by atoms with Crippen molar-refractivity contribution in [3.8, 4) is 0 Å². The van der Waals surface area contributed by atoms with Gasteiger partial charge in [-0.3, -0.25) is 9.59 Å². The molecule has 4 heteroatoms. The maximum absolute atomic E-state index is 12.2. The largest absolute Gasteiger partial charge is 0.368 e. The van der Waals surface area contributed by atoms with Gasteiger partial charge in [-0.1, -0.05) is 33.6 Å². The molecule has 0 atom stereocenters. The molecule has 1 fully saturated rings. The minimum atomic E-state index is 0.0260. The Hall–Kier alpha value is -1.84. The van der Waals surface area contributed by atoms with Crippen molar-refractivity contribution in [2.75, 3.05) is 31.1 Å². The molecule has 0 spiro atoms. The summed E-state index contributed by atoms with van der Waals surface area (Å²) < 4.78 is 0. The number of hydrogen-bond donors (Lipinski definition) is 0. The summed E-state index contributed by atoms with van der Waals surface area (Å²) in [5, 5.41) is 0. The summed E-state index contributed by atoms with van der Waals surface area (Å²) in [6, 6.07) is 7.88. The topological polar surface area (TPSA) is 40.6 Å². The smallest absolute Gasteiger partial charge is 0.222 e. The summed E-state index contributed by atoms with van der Waals surface area (Å²) in [5.41, 5.74) is 1.91. The minimum Gasteiger partial charge on any atom is -0.368 e.